The Morgan fingerprint density at radius 3 is 2.33 bits per heavy atom. The molecule has 0 saturated heterocycles. The summed E-state index contributed by atoms with van der Waals surface area (Å²) in [5.41, 5.74) is 1.16. The van der Waals surface area contributed by atoms with E-state index in [0.717, 1.165) is 12.0 Å². The normalized spacial score (nSPS) is 12.9. The molecular weight excluding hydrogens is 151 g/mol. The quantitative estimate of drug-likeness (QED) is 0.556. The first-order valence-corrected chi connectivity index (χ1v) is 4.24. The van der Waals surface area contributed by atoms with Gasteiger partial charge in [-0.15, -0.1) is 0 Å². The molecule has 0 bridgehead atoms. The highest BCUT2D eigenvalue weighted by Crippen LogP contribution is 2.12. The maximum atomic E-state index is 12.2. The lowest BCUT2D eigenvalue weighted by atomic mass is 10.0. The summed E-state index contributed by atoms with van der Waals surface area (Å²) in [6.07, 6.45) is 6.17. The lowest BCUT2D eigenvalue weighted by Crippen LogP contribution is -1.88. The molecule has 0 aliphatic carbocycles. The second-order valence-electron chi connectivity index (χ2n) is 3.24. The maximum Gasteiger partial charge on any atom is 0.116 e. The van der Waals surface area contributed by atoms with Crippen molar-refractivity contribution in [3.8, 4) is 0 Å². The Kier molecular flexibility index (Phi) is 5.35. The molecule has 0 saturated carbocycles. The van der Waals surface area contributed by atoms with E-state index in [1.807, 2.05) is 13.0 Å². The van der Waals surface area contributed by atoms with Crippen molar-refractivity contribution in [1.29, 1.82) is 0 Å². The second kappa shape index (κ2) is 5.76. The molecular formula is C11H17F. The first-order valence-electron chi connectivity index (χ1n) is 4.24. The maximum absolute atomic E-state index is 12.2. The molecule has 0 aliphatic heterocycles. The van der Waals surface area contributed by atoms with E-state index in [1.165, 1.54) is 6.08 Å². The van der Waals surface area contributed by atoms with Crippen molar-refractivity contribution in [1.82, 2.24) is 0 Å². The molecule has 0 radical (unpaired) electrons. The largest absolute Gasteiger partial charge is 0.208 e. The zero-order valence-electron chi connectivity index (χ0n) is 8.10. The molecule has 0 aliphatic rings. The van der Waals surface area contributed by atoms with E-state index in [4.69, 9.17) is 0 Å². The summed E-state index contributed by atoms with van der Waals surface area (Å²) in [7, 11) is 0. The molecule has 0 aromatic heterocycles. The molecule has 0 atom stereocenters. The van der Waals surface area contributed by atoms with Crippen molar-refractivity contribution < 1.29 is 4.39 Å². The van der Waals surface area contributed by atoms with Crippen LogP contribution in [0.5, 0.6) is 0 Å². The van der Waals surface area contributed by atoms with Crippen LogP contribution in [0.4, 0.5) is 4.39 Å². The van der Waals surface area contributed by atoms with Gasteiger partial charge in [0.15, 0.2) is 0 Å². The standard InChI is InChI=1S/C11H17F/c1-5-11(8-9(2)3)7-6-10(4)12/h5-7,9H,4,8H2,1-3H3/b7-6-,11-5+. The molecule has 0 amide bonds. The van der Waals surface area contributed by atoms with Gasteiger partial charge in [-0.2, -0.15) is 0 Å². The van der Waals surface area contributed by atoms with Crippen LogP contribution in [0.3, 0.4) is 0 Å². The van der Waals surface area contributed by atoms with Crippen molar-refractivity contribution in [3.63, 3.8) is 0 Å². The van der Waals surface area contributed by atoms with Gasteiger partial charge in [-0.3, -0.25) is 0 Å². The van der Waals surface area contributed by atoms with E-state index in [0.29, 0.717) is 5.92 Å². The van der Waals surface area contributed by atoms with E-state index in [9.17, 15) is 4.39 Å². The monoisotopic (exact) mass is 168 g/mol. The Labute approximate surface area is 74.5 Å². The molecule has 0 rings (SSSR count). The predicted molar refractivity (Wildman–Crippen MR) is 52.6 cm³/mol. The van der Waals surface area contributed by atoms with Crippen LogP contribution >= 0.6 is 0 Å². The average Bonchev–Trinajstić information content (AvgIpc) is 1.97. The summed E-state index contributed by atoms with van der Waals surface area (Å²) in [5, 5.41) is 0. The van der Waals surface area contributed by atoms with Gasteiger partial charge in [0, 0.05) is 0 Å². The second-order valence-corrected chi connectivity index (χ2v) is 3.24. The third-order valence-electron chi connectivity index (χ3n) is 1.49. The molecule has 0 spiro atoms. The first kappa shape index (κ1) is 11.2. The van der Waals surface area contributed by atoms with Crippen LogP contribution in [0.15, 0.2) is 36.2 Å². The van der Waals surface area contributed by atoms with Gasteiger partial charge in [0.25, 0.3) is 0 Å². The van der Waals surface area contributed by atoms with Crippen LogP contribution in [0.1, 0.15) is 27.2 Å². The molecule has 0 aromatic rings. The molecule has 12 heavy (non-hydrogen) atoms. The van der Waals surface area contributed by atoms with Gasteiger partial charge >= 0.3 is 0 Å². The lowest BCUT2D eigenvalue weighted by Gasteiger charge is -2.04. The van der Waals surface area contributed by atoms with Gasteiger partial charge in [-0.1, -0.05) is 38.2 Å². The molecule has 0 aromatic carbocycles. The van der Waals surface area contributed by atoms with Gasteiger partial charge in [0.1, 0.15) is 5.83 Å². The minimum Gasteiger partial charge on any atom is -0.208 e. The van der Waals surface area contributed by atoms with Crippen LogP contribution < -0.4 is 0 Å². The van der Waals surface area contributed by atoms with Crippen molar-refractivity contribution >= 4 is 0 Å². The van der Waals surface area contributed by atoms with E-state index in [-0.39, 0.29) is 0 Å². The summed E-state index contributed by atoms with van der Waals surface area (Å²) in [6, 6.07) is 0. The van der Waals surface area contributed by atoms with Gasteiger partial charge in [-0.05, 0) is 25.3 Å². The summed E-state index contributed by atoms with van der Waals surface area (Å²) >= 11 is 0. The molecule has 0 fully saturated rings. The summed E-state index contributed by atoms with van der Waals surface area (Å²) in [5.74, 6) is 0.215. The number of hydrogen-bond donors (Lipinski definition) is 0. The van der Waals surface area contributed by atoms with Crippen LogP contribution in [0, 0.1) is 5.92 Å². The van der Waals surface area contributed by atoms with E-state index in [2.05, 4.69) is 20.4 Å². The molecule has 68 valence electrons. The number of allylic oxidation sites excluding steroid dienone is 5. The molecule has 0 heterocycles. The number of halogens is 1. The average molecular weight is 168 g/mol. The highest BCUT2D eigenvalue weighted by molar-refractivity contribution is 5.23. The SMILES string of the molecule is C=C(F)/C=C\C(=C/C)CC(C)C. The van der Waals surface area contributed by atoms with Crippen LogP contribution in [0.2, 0.25) is 0 Å². The van der Waals surface area contributed by atoms with Crippen molar-refractivity contribution in [2.45, 2.75) is 27.2 Å². The minimum absolute atomic E-state index is 0.391. The van der Waals surface area contributed by atoms with Crippen LogP contribution in [-0.4, -0.2) is 0 Å². The Morgan fingerprint density at radius 1 is 1.42 bits per heavy atom. The van der Waals surface area contributed by atoms with Gasteiger partial charge in [0.2, 0.25) is 0 Å². The molecule has 1 heteroatoms. The fraction of sp³-hybridized carbons (Fsp3) is 0.455. The first-order chi connectivity index (χ1) is 5.56. The van der Waals surface area contributed by atoms with Crippen LogP contribution in [-0.2, 0) is 0 Å². The fourth-order valence-corrected chi connectivity index (χ4v) is 0.951. The van der Waals surface area contributed by atoms with Gasteiger partial charge < -0.3 is 0 Å². The minimum atomic E-state index is -0.391. The third-order valence-corrected chi connectivity index (χ3v) is 1.49. The number of rotatable bonds is 4. The zero-order chi connectivity index (χ0) is 9.56. The summed E-state index contributed by atoms with van der Waals surface area (Å²) in [4.78, 5) is 0. The topological polar surface area (TPSA) is 0 Å². The molecule has 0 nitrogen and oxygen atoms in total. The van der Waals surface area contributed by atoms with Crippen molar-refractivity contribution in [2.24, 2.45) is 5.92 Å². The van der Waals surface area contributed by atoms with E-state index < -0.39 is 5.83 Å². The van der Waals surface area contributed by atoms with Crippen molar-refractivity contribution in [3.05, 3.63) is 36.2 Å². The zero-order valence-corrected chi connectivity index (χ0v) is 8.10. The summed E-state index contributed by atoms with van der Waals surface area (Å²) in [6.45, 7) is 9.40. The Bertz CT molecular complexity index is 197. The summed E-state index contributed by atoms with van der Waals surface area (Å²) < 4.78 is 12.2. The number of hydrogen-bond acceptors (Lipinski definition) is 0. The Hall–Kier alpha value is -0.850. The Balaban J connectivity index is 4.11. The van der Waals surface area contributed by atoms with Gasteiger partial charge in [0.05, 0.1) is 0 Å². The van der Waals surface area contributed by atoms with E-state index >= 15 is 0 Å². The van der Waals surface area contributed by atoms with Gasteiger partial charge in [-0.25, -0.2) is 4.39 Å². The van der Waals surface area contributed by atoms with Crippen molar-refractivity contribution in [2.75, 3.05) is 0 Å². The van der Waals surface area contributed by atoms with Crippen LogP contribution in [0.25, 0.3) is 0 Å². The highest BCUT2D eigenvalue weighted by atomic mass is 19.1. The lowest BCUT2D eigenvalue weighted by molar-refractivity contribution is 0.647. The fourth-order valence-electron chi connectivity index (χ4n) is 0.951. The van der Waals surface area contributed by atoms with E-state index in [1.54, 1.807) is 6.08 Å². The third kappa shape index (κ3) is 5.90. The predicted octanol–water partition coefficient (Wildman–Crippen LogP) is 4.02. The highest BCUT2D eigenvalue weighted by Gasteiger charge is 1.96. The Morgan fingerprint density at radius 2 is 2.00 bits per heavy atom. The molecule has 0 unspecified atom stereocenters. The molecule has 0 N–H and O–H groups in total. The smallest absolute Gasteiger partial charge is 0.116 e.